The molecule has 0 atom stereocenters. The molecular formula is C19H14N4O4S. The van der Waals surface area contributed by atoms with Crippen LogP contribution in [-0.2, 0) is 6.54 Å². The first kappa shape index (κ1) is 16.7. The van der Waals surface area contributed by atoms with Gasteiger partial charge in [-0.05, 0) is 42.8 Å². The zero-order chi connectivity index (χ0) is 19.3. The molecule has 28 heavy (non-hydrogen) atoms. The van der Waals surface area contributed by atoms with Crippen LogP contribution in [0.5, 0.6) is 11.5 Å². The van der Waals surface area contributed by atoms with E-state index in [2.05, 4.69) is 15.4 Å². The topological polar surface area (TPSA) is 94.8 Å². The van der Waals surface area contributed by atoms with Gasteiger partial charge in [-0.1, -0.05) is 17.4 Å². The quantitative estimate of drug-likeness (QED) is 0.573. The molecule has 5 rings (SSSR count). The Labute approximate surface area is 162 Å². The van der Waals surface area contributed by atoms with Crippen LogP contribution in [0, 0.1) is 6.92 Å². The minimum absolute atomic E-state index is 0.210. The van der Waals surface area contributed by atoms with Gasteiger partial charge < -0.3 is 14.8 Å². The van der Waals surface area contributed by atoms with Crippen molar-refractivity contribution in [3.8, 4) is 11.5 Å². The van der Waals surface area contributed by atoms with Crippen LogP contribution < -0.4 is 20.3 Å². The number of aromatic nitrogens is 3. The molecule has 0 aliphatic carbocycles. The summed E-state index contributed by atoms with van der Waals surface area (Å²) in [6.45, 7) is 2.37. The lowest BCUT2D eigenvalue weighted by atomic mass is 10.1. The summed E-state index contributed by atoms with van der Waals surface area (Å²) in [6.07, 6.45) is 0. The molecule has 1 amide bonds. The third-order valence-electron chi connectivity index (χ3n) is 4.45. The van der Waals surface area contributed by atoms with Crippen molar-refractivity contribution in [3.63, 3.8) is 0 Å². The first-order valence-electron chi connectivity index (χ1n) is 8.55. The highest BCUT2D eigenvalue weighted by molar-refractivity contribution is 7.16. The number of hydrogen-bond donors (Lipinski definition) is 1. The third-order valence-corrected chi connectivity index (χ3v) is 5.27. The Morgan fingerprint density at radius 1 is 1.21 bits per heavy atom. The number of carbonyl (C=O) groups is 1. The summed E-state index contributed by atoms with van der Waals surface area (Å²) in [6, 6.07) is 10.4. The standard InChI is InChI=1S/C19H14N4O4S/c1-10-22-23-18(25)13-4-3-12(7-14(13)21-19(23)28-10)17(24)20-8-11-2-5-15-16(6-11)27-9-26-15/h2-7H,8-9H2,1H3,(H,20,24). The number of ether oxygens (including phenoxy) is 2. The Kier molecular flexibility index (Phi) is 3.76. The molecule has 1 aliphatic rings. The number of nitrogens with zero attached hydrogens (tertiary/aromatic N) is 3. The Hall–Kier alpha value is -3.46. The molecule has 0 bridgehead atoms. The Morgan fingerprint density at radius 2 is 2.07 bits per heavy atom. The fraction of sp³-hybridized carbons (Fsp3) is 0.158. The SMILES string of the molecule is Cc1nn2c(=O)c3ccc(C(=O)NCc4ccc5c(c4)OCO5)cc3nc2s1. The van der Waals surface area contributed by atoms with Crippen molar-refractivity contribution in [2.24, 2.45) is 0 Å². The van der Waals surface area contributed by atoms with Crippen LogP contribution in [0.15, 0.2) is 41.2 Å². The average Bonchev–Trinajstić information content (AvgIpc) is 3.31. The van der Waals surface area contributed by atoms with Gasteiger partial charge in [0.2, 0.25) is 11.8 Å². The zero-order valence-electron chi connectivity index (χ0n) is 14.8. The van der Waals surface area contributed by atoms with Crippen LogP contribution in [0.4, 0.5) is 0 Å². The van der Waals surface area contributed by atoms with Crippen LogP contribution in [-0.4, -0.2) is 27.3 Å². The number of carbonyl (C=O) groups excluding carboxylic acids is 1. The van der Waals surface area contributed by atoms with Crippen molar-refractivity contribution < 1.29 is 14.3 Å². The molecule has 0 unspecified atom stereocenters. The van der Waals surface area contributed by atoms with Gasteiger partial charge in [0.1, 0.15) is 5.01 Å². The van der Waals surface area contributed by atoms with E-state index >= 15 is 0 Å². The number of amides is 1. The van der Waals surface area contributed by atoms with Gasteiger partial charge in [-0.25, -0.2) is 4.98 Å². The van der Waals surface area contributed by atoms with Crippen molar-refractivity contribution in [1.29, 1.82) is 0 Å². The van der Waals surface area contributed by atoms with Crippen LogP contribution in [0.3, 0.4) is 0 Å². The highest BCUT2D eigenvalue weighted by Gasteiger charge is 2.15. The lowest BCUT2D eigenvalue weighted by Gasteiger charge is -2.07. The molecule has 0 radical (unpaired) electrons. The smallest absolute Gasteiger partial charge is 0.283 e. The van der Waals surface area contributed by atoms with Gasteiger partial charge in [0, 0.05) is 12.1 Å². The normalized spacial score (nSPS) is 12.6. The second kappa shape index (κ2) is 6.31. The third kappa shape index (κ3) is 2.76. The first-order chi connectivity index (χ1) is 13.6. The minimum atomic E-state index is -0.248. The maximum absolute atomic E-state index is 12.6. The average molecular weight is 394 g/mol. The number of benzene rings is 2. The van der Waals surface area contributed by atoms with Crippen molar-refractivity contribution in [2.45, 2.75) is 13.5 Å². The molecular weight excluding hydrogens is 380 g/mol. The summed E-state index contributed by atoms with van der Waals surface area (Å²) < 4.78 is 11.9. The van der Waals surface area contributed by atoms with E-state index in [0.717, 1.165) is 10.6 Å². The molecule has 140 valence electrons. The van der Waals surface area contributed by atoms with Crippen molar-refractivity contribution in [3.05, 3.63) is 62.9 Å². The van der Waals surface area contributed by atoms with E-state index in [4.69, 9.17) is 9.47 Å². The summed E-state index contributed by atoms with van der Waals surface area (Å²) in [5.41, 5.74) is 1.57. The molecule has 4 aromatic rings. The Morgan fingerprint density at radius 3 is 2.96 bits per heavy atom. The monoisotopic (exact) mass is 394 g/mol. The van der Waals surface area contributed by atoms with Crippen LogP contribution in [0.1, 0.15) is 20.9 Å². The van der Waals surface area contributed by atoms with E-state index in [0.29, 0.717) is 39.5 Å². The van der Waals surface area contributed by atoms with E-state index < -0.39 is 0 Å². The van der Waals surface area contributed by atoms with Crippen molar-refractivity contribution in [1.82, 2.24) is 19.9 Å². The van der Waals surface area contributed by atoms with E-state index in [1.807, 2.05) is 25.1 Å². The summed E-state index contributed by atoms with van der Waals surface area (Å²) in [7, 11) is 0. The largest absolute Gasteiger partial charge is 0.454 e. The maximum atomic E-state index is 12.6. The molecule has 0 spiro atoms. The lowest BCUT2D eigenvalue weighted by molar-refractivity contribution is 0.0951. The highest BCUT2D eigenvalue weighted by Crippen LogP contribution is 2.32. The molecule has 9 heteroatoms. The van der Waals surface area contributed by atoms with Gasteiger partial charge in [0.15, 0.2) is 11.5 Å². The molecule has 2 aromatic carbocycles. The Balaban J connectivity index is 1.41. The molecule has 2 aromatic heterocycles. The van der Waals surface area contributed by atoms with Gasteiger partial charge in [-0.15, -0.1) is 0 Å². The second-order valence-corrected chi connectivity index (χ2v) is 7.49. The first-order valence-corrected chi connectivity index (χ1v) is 9.37. The molecule has 0 fully saturated rings. The van der Waals surface area contributed by atoms with Crippen molar-refractivity contribution >= 4 is 33.1 Å². The van der Waals surface area contributed by atoms with E-state index in [-0.39, 0.29) is 18.3 Å². The summed E-state index contributed by atoms with van der Waals surface area (Å²) >= 11 is 1.33. The van der Waals surface area contributed by atoms with Crippen LogP contribution in [0.25, 0.3) is 15.9 Å². The number of rotatable bonds is 3. The van der Waals surface area contributed by atoms with E-state index in [1.165, 1.54) is 15.9 Å². The number of aryl methyl sites for hydroxylation is 1. The van der Waals surface area contributed by atoms with Crippen molar-refractivity contribution in [2.75, 3.05) is 6.79 Å². The number of nitrogens with one attached hydrogen (secondary N) is 1. The predicted octanol–water partition coefficient (Wildman–Crippen LogP) is 2.27. The van der Waals surface area contributed by atoms with E-state index in [9.17, 15) is 9.59 Å². The molecule has 1 N–H and O–H groups in total. The molecule has 8 nitrogen and oxygen atoms in total. The van der Waals surface area contributed by atoms with Gasteiger partial charge in [0.05, 0.1) is 10.9 Å². The van der Waals surface area contributed by atoms with Gasteiger partial charge in [-0.2, -0.15) is 9.61 Å². The van der Waals surface area contributed by atoms with E-state index in [1.54, 1.807) is 18.2 Å². The maximum Gasteiger partial charge on any atom is 0.283 e. The number of fused-ring (bicyclic) bond motifs is 3. The highest BCUT2D eigenvalue weighted by atomic mass is 32.1. The van der Waals surface area contributed by atoms with Crippen LogP contribution in [0.2, 0.25) is 0 Å². The summed E-state index contributed by atoms with van der Waals surface area (Å²) in [5.74, 6) is 1.12. The lowest BCUT2D eigenvalue weighted by Crippen LogP contribution is -2.23. The van der Waals surface area contributed by atoms with Gasteiger partial charge in [-0.3, -0.25) is 9.59 Å². The number of hydrogen-bond acceptors (Lipinski definition) is 7. The summed E-state index contributed by atoms with van der Waals surface area (Å²) in [4.78, 5) is 30.1. The van der Waals surface area contributed by atoms with Gasteiger partial charge in [0.25, 0.3) is 11.5 Å². The second-order valence-electron chi connectivity index (χ2n) is 6.33. The minimum Gasteiger partial charge on any atom is -0.454 e. The Bertz CT molecular complexity index is 1310. The molecule has 1 aliphatic heterocycles. The zero-order valence-corrected chi connectivity index (χ0v) is 15.6. The molecule has 0 saturated carbocycles. The summed E-state index contributed by atoms with van der Waals surface area (Å²) in [5, 5.41) is 8.22. The fourth-order valence-electron chi connectivity index (χ4n) is 3.08. The van der Waals surface area contributed by atoms with Gasteiger partial charge >= 0.3 is 0 Å². The fourth-order valence-corrected chi connectivity index (χ4v) is 3.82. The predicted molar refractivity (Wildman–Crippen MR) is 103 cm³/mol. The molecule has 3 heterocycles. The van der Waals surface area contributed by atoms with Crippen LogP contribution >= 0.6 is 11.3 Å². The molecule has 0 saturated heterocycles.